The fraction of sp³-hybridized carbons (Fsp3) is 0.130. The molecular weight excluding hydrogens is 444 g/mol. The van der Waals surface area contributed by atoms with Gasteiger partial charge in [0.15, 0.2) is 11.5 Å². The van der Waals surface area contributed by atoms with Gasteiger partial charge in [-0.25, -0.2) is 4.98 Å². The highest BCUT2D eigenvalue weighted by molar-refractivity contribution is 8.00. The number of aromatic nitrogens is 1. The number of carbonyl (C=O) groups is 3. The van der Waals surface area contributed by atoms with Crippen LogP contribution in [0.3, 0.4) is 0 Å². The summed E-state index contributed by atoms with van der Waals surface area (Å²) in [6, 6.07) is 15.2. The van der Waals surface area contributed by atoms with Crippen molar-refractivity contribution in [1.29, 1.82) is 0 Å². The summed E-state index contributed by atoms with van der Waals surface area (Å²) in [5.74, 6) is -0.0327. The van der Waals surface area contributed by atoms with Gasteiger partial charge in [0.1, 0.15) is 5.03 Å². The summed E-state index contributed by atoms with van der Waals surface area (Å²) in [5.41, 5.74) is 7.02. The van der Waals surface area contributed by atoms with Crippen LogP contribution in [0.2, 0.25) is 0 Å². The Kier molecular flexibility index (Phi) is 6.75. The van der Waals surface area contributed by atoms with Crippen molar-refractivity contribution in [2.45, 2.75) is 11.9 Å². The zero-order chi connectivity index (χ0) is 23.2. The van der Waals surface area contributed by atoms with E-state index in [1.165, 1.54) is 6.20 Å². The van der Waals surface area contributed by atoms with Crippen LogP contribution in [0.1, 0.15) is 26.3 Å². The average molecular weight is 465 g/mol. The van der Waals surface area contributed by atoms with Crippen LogP contribution < -0.4 is 25.6 Å². The first-order chi connectivity index (χ1) is 16.0. The number of fused-ring (bicyclic) bond motifs is 1. The van der Waals surface area contributed by atoms with E-state index in [1.807, 2.05) is 6.92 Å². The van der Waals surface area contributed by atoms with Crippen molar-refractivity contribution in [1.82, 2.24) is 15.8 Å². The number of carbonyl (C=O) groups excluding carboxylic acids is 3. The lowest BCUT2D eigenvalue weighted by atomic mass is 10.1. The van der Waals surface area contributed by atoms with Crippen LogP contribution in [-0.2, 0) is 4.79 Å². The maximum absolute atomic E-state index is 12.6. The molecular formula is C23H20N4O5S. The number of rotatable bonds is 6. The molecule has 0 saturated heterocycles. The molecule has 3 aromatic rings. The fourth-order valence-electron chi connectivity index (χ4n) is 2.94. The van der Waals surface area contributed by atoms with Crippen molar-refractivity contribution in [2.24, 2.45) is 0 Å². The lowest BCUT2D eigenvalue weighted by Crippen LogP contribution is -2.41. The maximum atomic E-state index is 12.6. The molecule has 0 bridgehead atoms. The van der Waals surface area contributed by atoms with Crippen molar-refractivity contribution in [3.63, 3.8) is 0 Å². The van der Waals surface area contributed by atoms with Gasteiger partial charge in [-0.15, -0.1) is 0 Å². The topological polar surface area (TPSA) is 119 Å². The largest absolute Gasteiger partial charge is 0.454 e. The molecule has 9 nitrogen and oxygen atoms in total. The van der Waals surface area contributed by atoms with Crippen LogP contribution in [-0.4, -0.2) is 35.3 Å². The summed E-state index contributed by atoms with van der Waals surface area (Å²) in [6.45, 7) is 2.07. The van der Waals surface area contributed by atoms with Crippen LogP contribution in [0, 0.1) is 6.92 Å². The number of pyridine rings is 1. The van der Waals surface area contributed by atoms with Crippen LogP contribution >= 0.6 is 11.8 Å². The molecule has 2 heterocycles. The molecule has 1 aliphatic rings. The number of nitrogens with zero attached hydrogens (tertiary/aromatic N) is 1. The molecule has 0 atom stereocenters. The van der Waals surface area contributed by atoms with Gasteiger partial charge in [-0.05, 0) is 43.3 Å². The zero-order valence-electron chi connectivity index (χ0n) is 17.6. The smallest absolute Gasteiger partial charge is 0.272 e. The number of thioether (sulfide) groups is 1. The quantitative estimate of drug-likeness (QED) is 0.379. The summed E-state index contributed by atoms with van der Waals surface area (Å²) in [4.78, 5) is 41.4. The van der Waals surface area contributed by atoms with E-state index in [2.05, 4.69) is 21.2 Å². The van der Waals surface area contributed by atoms with Gasteiger partial charge in [-0.3, -0.25) is 25.2 Å². The minimum atomic E-state index is -0.540. The van der Waals surface area contributed by atoms with E-state index in [0.29, 0.717) is 27.8 Å². The summed E-state index contributed by atoms with van der Waals surface area (Å²) in [6.07, 6.45) is 1.53. The second-order valence-electron chi connectivity index (χ2n) is 7.04. The molecule has 168 valence electrons. The van der Waals surface area contributed by atoms with E-state index in [-0.39, 0.29) is 24.0 Å². The molecule has 4 rings (SSSR count). The molecule has 0 spiro atoms. The second kappa shape index (κ2) is 10.0. The van der Waals surface area contributed by atoms with Crippen molar-refractivity contribution < 1.29 is 23.9 Å². The summed E-state index contributed by atoms with van der Waals surface area (Å²) in [7, 11) is 0. The number of ether oxygens (including phenoxy) is 2. The molecule has 0 radical (unpaired) electrons. The minimum Gasteiger partial charge on any atom is -0.454 e. The first-order valence-corrected chi connectivity index (χ1v) is 10.9. The summed E-state index contributed by atoms with van der Waals surface area (Å²) in [5, 5.41) is 3.13. The van der Waals surface area contributed by atoms with Crippen molar-refractivity contribution in [2.75, 3.05) is 17.9 Å². The number of nitrogens with one attached hydrogen (secondary N) is 3. The van der Waals surface area contributed by atoms with E-state index in [9.17, 15) is 14.4 Å². The molecule has 2 aromatic carbocycles. The molecule has 0 saturated carbocycles. The molecule has 1 aliphatic heterocycles. The first kappa shape index (κ1) is 22.2. The van der Waals surface area contributed by atoms with Crippen molar-refractivity contribution >= 4 is 35.2 Å². The normalized spacial score (nSPS) is 11.5. The Labute approximate surface area is 193 Å². The Morgan fingerprint density at radius 2 is 1.73 bits per heavy atom. The number of anilines is 1. The molecule has 0 unspecified atom stereocenters. The van der Waals surface area contributed by atoms with Gasteiger partial charge in [-0.1, -0.05) is 29.5 Å². The predicted octanol–water partition coefficient (Wildman–Crippen LogP) is 2.92. The van der Waals surface area contributed by atoms with E-state index >= 15 is 0 Å². The van der Waals surface area contributed by atoms with Gasteiger partial charge in [-0.2, -0.15) is 0 Å². The van der Waals surface area contributed by atoms with Crippen LogP contribution in [0.4, 0.5) is 5.69 Å². The Bertz CT molecular complexity index is 1200. The number of aryl methyl sites for hydroxylation is 1. The highest BCUT2D eigenvalue weighted by atomic mass is 32.2. The van der Waals surface area contributed by atoms with Gasteiger partial charge in [0.2, 0.25) is 12.7 Å². The Hall–Kier alpha value is -4.05. The van der Waals surface area contributed by atoms with Gasteiger partial charge in [0, 0.05) is 23.5 Å². The molecule has 3 amide bonds. The predicted molar refractivity (Wildman–Crippen MR) is 122 cm³/mol. The highest BCUT2D eigenvalue weighted by Crippen LogP contribution is 2.34. The van der Waals surface area contributed by atoms with Gasteiger partial charge < -0.3 is 14.8 Å². The first-order valence-electron chi connectivity index (χ1n) is 9.94. The van der Waals surface area contributed by atoms with Crippen LogP contribution in [0.15, 0.2) is 65.8 Å². The highest BCUT2D eigenvalue weighted by Gasteiger charge is 2.17. The molecule has 0 fully saturated rings. The maximum Gasteiger partial charge on any atom is 0.272 e. The molecule has 0 aliphatic carbocycles. The fourth-order valence-corrected chi connectivity index (χ4v) is 3.73. The number of hydrogen-bond donors (Lipinski definition) is 3. The van der Waals surface area contributed by atoms with Gasteiger partial charge in [0.05, 0.1) is 11.3 Å². The van der Waals surface area contributed by atoms with E-state index in [0.717, 1.165) is 17.3 Å². The standard InChI is InChI=1S/C23H20N4O5S/c1-14-4-6-15(7-5-14)21(29)26-27-22(30)17-3-2-10-24-23(17)33-12-20(28)25-16-8-9-18-19(11-16)32-13-31-18/h2-11H,12-13H2,1H3,(H,25,28)(H,26,29)(H,27,30). The van der Waals surface area contributed by atoms with E-state index in [1.54, 1.807) is 54.6 Å². The third-order valence-corrected chi connectivity index (χ3v) is 5.62. The Morgan fingerprint density at radius 3 is 2.55 bits per heavy atom. The van der Waals surface area contributed by atoms with E-state index in [4.69, 9.17) is 9.47 Å². The number of amides is 3. The third-order valence-electron chi connectivity index (χ3n) is 4.62. The lowest BCUT2D eigenvalue weighted by molar-refractivity contribution is -0.113. The molecule has 1 aromatic heterocycles. The number of hydrogen-bond acceptors (Lipinski definition) is 7. The Morgan fingerprint density at radius 1 is 0.970 bits per heavy atom. The van der Waals surface area contributed by atoms with Crippen molar-refractivity contribution in [3.8, 4) is 11.5 Å². The second-order valence-corrected chi connectivity index (χ2v) is 8.00. The SMILES string of the molecule is Cc1ccc(C(=O)NNC(=O)c2cccnc2SCC(=O)Nc2ccc3c(c2)OCO3)cc1. The van der Waals surface area contributed by atoms with Gasteiger partial charge >= 0.3 is 0 Å². The third kappa shape index (κ3) is 5.60. The van der Waals surface area contributed by atoms with Crippen molar-refractivity contribution in [3.05, 3.63) is 77.5 Å². The Balaban J connectivity index is 1.32. The number of hydrazine groups is 1. The minimum absolute atomic E-state index is 0.0292. The van der Waals surface area contributed by atoms with Gasteiger partial charge in [0.25, 0.3) is 11.8 Å². The zero-order valence-corrected chi connectivity index (χ0v) is 18.4. The molecule has 10 heteroatoms. The monoisotopic (exact) mass is 464 g/mol. The average Bonchev–Trinajstić information content (AvgIpc) is 3.29. The summed E-state index contributed by atoms with van der Waals surface area (Å²) >= 11 is 1.11. The lowest BCUT2D eigenvalue weighted by Gasteiger charge is -2.10. The summed E-state index contributed by atoms with van der Waals surface area (Å²) < 4.78 is 10.6. The van der Waals surface area contributed by atoms with E-state index < -0.39 is 11.8 Å². The molecule has 3 N–H and O–H groups in total. The van der Waals surface area contributed by atoms with Crippen LogP contribution in [0.5, 0.6) is 11.5 Å². The molecule has 33 heavy (non-hydrogen) atoms. The number of benzene rings is 2. The van der Waals surface area contributed by atoms with Crippen LogP contribution in [0.25, 0.3) is 0 Å².